The van der Waals surface area contributed by atoms with Gasteiger partial charge >= 0.3 is 5.69 Å². The summed E-state index contributed by atoms with van der Waals surface area (Å²) in [6, 6.07) is 15.1. The van der Waals surface area contributed by atoms with E-state index >= 15 is 0 Å². The highest BCUT2D eigenvalue weighted by Gasteiger charge is 2.23. The van der Waals surface area contributed by atoms with Crippen LogP contribution in [0.25, 0.3) is 44.4 Å². The van der Waals surface area contributed by atoms with Gasteiger partial charge < -0.3 is 10.3 Å². The molecule has 2 aromatic carbocycles. The van der Waals surface area contributed by atoms with E-state index in [0.717, 1.165) is 11.1 Å². The van der Waals surface area contributed by atoms with Gasteiger partial charge in [0.25, 0.3) is 11.3 Å². The summed E-state index contributed by atoms with van der Waals surface area (Å²) >= 11 is 0. The Labute approximate surface area is 163 Å². The number of nitrogen functional groups attached to an aromatic ring is 1. The Bertz CT molecular complexity index is 1510. The summed E-state index contributed by atoms with van der Waals surface area (Å²) in [5.41, 5.74) is 8.71. The van der Waals surface area contributed by atoms with E-state index in [1.54, 1.807) is 0 Å². The highest BCUT2D eigenvalue weighted by atomic mass is 16.5. The standard InChI is InChI=1S/C21H15N5O3/c1-10-7-8-13-12(9-10)14(16-18(22)24-21(28)25-19(16)27)15-17(26-29-20(15)23-13)11-5-3-2-4-6-11/h2-9H,1H3,(H4,22,24,25,27,28). The SMILES string of the molecule is Cc1ccc2nc3onc(-c4ccccc4)c3c(-c3c(N)[nH]c(=O)[nH]c3=O)c2c1. The van der Waals surface area contributed by atoms with Crippen LogP contribution in [0.4, 0.5) is 5.82 Å². The third-order valence-corrected chi connectivity index (χ3v) is 4.84. The maximum Gasteiger partial charge on any atom is 0.327 e. The molecular formula is C21H15N5O3. The molecule has 4 N–H and O–H groups in total. The van der Waals surface area contributed by atoms with Crippen molar-refractivity contribution in [3.05, 3.63) is 74.9 Å². The molecule has 142 valence electrons. The summed E-state index contributed by atoms with van der Waals surface area (Å²) in [6.07, 6.45) is 0. The molecule has 29 heavy (non-hydrogen) atoms. The van der Waals surface area contributed by atoms with E-state index in [1.165, 1.54) is 0 Å². The Kier molecular flexibility index (Phi) is 3.60. The fraction of sp³-hybridized carbons (Fsp3) is 0.0476. The van der Waals surface area contributed by atoms with Gasteiger partial charge in [0.15, 0.2) is 0 Å². The summed E-state index contributed by atoms with van der Waals surface area (Å²) in [5, 5.41) is 5.48. The second kappa shape index (κ2) is 6.16. The van der Waals surface area contributed by atoms with Crippen LogP contribution in [0.1, 0.15) is 5.56 Å². The van der Waals surface area contributed by atoms with Gasteiger partial charge in [0.1, 0.15) is 11.5 Å². The highest BCUT2D eigenvalue weighted by Crippen LogP contribution is 2.40. The average Bonchev–Trinajstić information content (AvgIpc) is 3.11. The predicted molar refractivity (Wildman–Crippen MR) is 111 cm³/mol. The first kappa shape index (κ1) is 16.9. The van der Waals surface area contributed by atoms with Crippen molar-refractivity contribution < 1.29 is 4.52 Å². The molecule has 3 aromatic heterocycles. The molecule has 0 radical (unpaired) electrons. The molecule has 0 spiro atoms. The number of rotatable bonds is 2. The molecule has 0 amide bonds. The first-order valence-electron chi connectivity index (χ1n) is 8.90. The summed E-state index contributed by atoms with van der Waals surface area (Å²) < 4.78 is 5.52. The lowest BCUT2D eigenvalue weighted by Gasteiger charge is -2.11. The summed E-state index contributed by atoms with van der Waals surface area (Å²) in [7, 11) is 0. The molecule has 0 unspecified atom stereocenters. The monoisotopic (exact) mass is 385 g/mol. The smallest absolute Gasteiger partial charge is 0.327 e. The number of benzene rings is 2. The predicted octanol–water partition coefficient (Wildman–Crippen LogP) is 2.98. The number of nitrogens with one attached hydrogen (secondary N) is 2. The van der Waals surface area contributed by atoms with Crippen LogP contribution < -0.4 is 17.0 Å². The Morgan fingerprint density at radius 2 is 1.79 bits per heavy atom. The van der Waals surface area contributed by atoms with Crippen LogP contribution in [0.5, 0.6) is 0 Å². The van der Waals surface area contributed by atoms with E-state index in [1.807, 2.05) is 55.5 Å². The van der Waals surface area contributed by atoms with Crippen molar-refractivity contribution in [3.63, 3.8) is 0 Å². The number of hydrogen-bond acceptors (Lipinski definition) is 6. The first-order valence-corrected chi connectivity index (χ1v) is 8.90. The molecule has 0 bridgehead atoms. The molecule has 0 aliphatic heterocycles. The number of hydrogen-bond donors (Lipinski definition) is 3. The number of fused-ring (bicyclic) bond motifs is 2. The molecule has 3 heterocycles. The fourth-order valence-corrected chi connectivity index (χ4v) is 3.58. The molecule has 0 atom stereocenters. The number of anilines is 1. The molecule has 0 aliphatic rings. The van der Waals surface area contributed by atoms with E-state index in [4.69, 9.17) is 10.3 Å². The van der Waals surface area contributed by atoms with Crippen molar-refractivity contribution in [2.24, 2.45) is 0 Å². The number of nitrogens with zero attached hydrogens (tertiary/aromatic N) is 2. The van der Waals surface area contributed by atoms with E-state index in [0.29, 0.717) is 27.5 Å². The van der Waals surface area contributed by atoms with Crippen LogP contribution in [0, 0.1) is 6.92 Å². The van der Waals surface area contributed by atoms with Gasteiger partial charge in [-0.1, -0.05) is 47.1 Å². The van der Waals surface area contributed by atoms with Crippen molar-refractivity contribution >= 4 is 27.8 Å². The summed E-state index contributed by atoms with van der Waals surface area (Å²) in [5.74, 6) is -0.0331. The van der Waals surface area contributed by atoms with Crippen LogP contribution in [0.2, 0.25) is 0 Å². The van der Waals surface area contributed by atoms with Gasteiger partial charge in [0.05, 0.1) is 16.5 Å². The molecule has 8 nitrogen and oxygen atoms in total. The second-order valence-corrected chi connectivity index (χ2v) is 6.78. The molecule has 0 saturated heterocycles. The Morgan fingerprint density at radius 1 is 1.00 bits per heavy atom. The Balaban J connectivity index is 2.04. The molecular weight excluding hydrogens is 370 g/mol. The van der Waals surface area contributed by atoms with Crippen molar-refractivity contribution in [2.75, 3.05) is 5.73 Å². The first-order chi connectivity index (χ1) is 14.0. The molecule has 0 saturated carbocycles. The molecule has 0 aliphatic carbocycles. The van der Waals surface area contributed by atoms with Crippen LogP contribution in [-0.2, 0) is 0 Å². The third kappa shape index (κ3) is 2.61. The van der Waals surface area contributed by atoms with Gasteiger partial charge in [0.2, 0.25) is 0 Å². The fourth-order valence-electron chi connectivity index (χ4n) is 3.58. The van der Waals surface area contributed by atoms with Crippen LogP contribution in [-0.4, -0.2) is 20.1 Å². The average molecular weight is 385 g/mol. The van der Waals surface area contributed by atoms with Crippen LogP contribution in [0.3, 0.4) is 0 Å². The maximum atomic E-state index is 12.8. The van der Waals surface area contributed by atoms with E-state index in [-0.39, 0.29) is 17.1 Å². The van der Waals surface area contributed by atoms with Gasteiger partial charge in [-0.3, -0.25) is 14.8 Å². The van der Waals surface area contributed by atoms with Gasteiger partial charge in [0, 0.05) is 16.5 Å². The maximum absolute atomic E-state index is 12.8. The van der Waals surface area contributed by atoms with Crippen molar-refractivity contribution in [2.45, 2.75) is 6.92 Å². The molecule has 8 heteroatoms. The van der Waals surface area contributed by atoms with Crippen molar-refractivity contribution in [1.82, 2.24) is 20.1 Å². The van der Waals surface area contributed by atoms with Gasteiger partial charge in [-0.2, -0.15) is 0 Å². The largest absolute Gasteiger partial charge is 0.384 e. The van der Waals surface area contributed by atoms with Crippen LogP contribution in [0.15, 0.2) is 62.6 Å². The normalized spacial score (nSPS) is 11.3. The zero-order valence-electron chi connectivity index (χ0n) is 15.3. The van der Waals surface area contributed by atoms with E-state index < -0.39 is 11.2 Å². The minimum Gasteiger partial charge on any atom is -0.384 e. The zero-order valence-corrected chi connectivity index (χ0v) is 15.3. The lowest BCUT2D eigenvalue weighted by Crippen LogP contribution is -2.25. The quantitative estimate of drug-likeness (QED) is 0.428. The van der Waals surface area contributed by atoms with Crippen molar-refractivity contribution in [3.8, 4) is 22.4 Å². The Morgan fingerprint density at radius 3 is 2.55 bits per heavy atom. The third-order valence-electron chi connectivity index (χ3n) is 4.84. The number of nitrogens with two attached hydrogens (primary N) is 1. The van der Waals surface area contributed by atoms with Gasteiger partial charge in [-0.25, -0.2) is 9.78 Å². The molecule has 5 rings (SSSR count). The lowest BCUT2D eigenvalue weighted by atomic mass is 9.95. The molecule has 0 fully saturated rings. The minimum atomic E-state index is -0.671. The van der Waals surface area contributed by atoms with E-state index in [9.17, 15) is 9.59 Å². The number of H-pyrrole nitrogens is 2. The van der Waals surface area contributed by atoms with E-state index in [2.05, 4.69) is 20.1 Å². The summed E-state index contributed by atoms with van der Waals surface area (Å²) in [4.78, 5) is 33.8. The topological polar surface area (TPSA) is 131 Å². The lowest BCUT2D eigenvalue weighted by molar-refractivity contribution is 0.452. The Hall–Kier alpha value is -4.20. The van der Waals surface area contributed by atoms with Crippen LogP contribution >= 0.6 is 0 Å². The highest BCUT2D eigenvalue weighted by molar-refractivity contribution is 6.13. The molecule has 5 aromatic rings. The summed E-state index contributed by atoms with van der Waals surface area (Å²) in [6.45, 7) is 1.94. The zero-order chi connectivity index (χ0) is 20.1. The van der Waals surface area contributed by atoms with Gasteiger partial charge in [-0.15, -0.1) is 0 Å². The second-order valence-electron chi connectivity index (χ2n) is 6.78. The van der Waals surface area contributed by atoms with Crippen molar-refractivity contribution in [1.29, 1.82) is 0 Å². The number of aromatic nitrogens is 4. The number of aryl methyl sites for hydroxylation is 1. The number of pyridine rings is 1. The van der Waals surface area contributed by atoms with Gasteiger partial charge in [-0.05, 0) is 19.1 Å². The minimum absolute atomic E-state index is 0.0331. The number of aromatic amines is 2.